The summed E-state index contributed by atoms with van der Waals surface area (Å²) in [6, 6.07) is 13.5. The van der Waals surface area contributed by atoms with E-state index in [1.165, 1.54) is 0 Å². The molecule has 39 heavy (non-hydrogen) atoms. The number of ether oxygens (including phenoxy) is 1. The van der Waals surface area contributed by atoms with E-state index in [1.54, 1.807) is 6.07 Å². The first-order valence-corrected chi connectivity index (χ1v) is 13.8. The lowest BCUT2D eigenvalue weighted by molar-refractivity contribution is -0.131. The second-order valence-corrected chi connectivity index (χ2v) is 10.1. The van der Waals surface area contributed by atoms with E-state index in [0.717, 1.165) is 73.0 Å². The van der Waals surface area contributed by atoms with E-state index in [4.69, 9.17) is 9.73 Å². The van der Waals surface area contributed by atoms with Gasteiger partial charge in [0.25, 0.3) is 17.8 Å². The largest absolute Gasteiger partial charge is 0.377 e. The van der Waals surface area contributed by atoms with Gasteiger partial charge in [0.2, 0.25) is 0 Å². The van der Waals surface area contributed by atoms with E-state index in [-0.39, 0.29) is 17.8 Å². The molecule has 1 saturated carbocycles. The van der Waals surface area contributed by atoms with Crippen LogP contribution in [0.5, 0.6) is 0 Å². The number of aliphatic imine (C=N–C) groups is 1. The Balaban J connectivity index is 1.45. The maximum absolute atomic E-state index is 13.6. The van der Waals surface area contributed by atoms with Gasteiger partial charge in [-0.1, -0.05) is 67.7 Å². The van der Waals surface area contributed by atoms with Crippen molar-refractivity contribution < 1.29 is 14.3 Å². The molecule has 204 valence electrons. The van der Waals surface area contributed by atoms with Gasteiger partial charge in [0, 0.05) is 18.6 Å². The van der Waals surface area contributed by atoms with E-state index in [2.05, 4.69) is 38.9 Å². The van der Waals surface area contributed by atoms with Crippen LogP contribution in [0.15, 0.2) is 47.5 Å². The predicted octanol–water partition coefficient (Wildman–Crippen LogP) is 4.90. The molecule has 2 heterocycles. The molecule has 3 aromatic rings. The van der Waals surface area contributed by atoms with Crippen LogP contribution in [0.25, 0.3) is 11.1 Å². The Hall–Kier alpha value is -3.92. The minimum atomic E-state index is -0.553. The number of aromatic nitrogens is 4. The fourth-order valence-electron chi connectivity index (χ4n) is 5.52. The molecular weight excluding hydrogens is 494 g/mol. The first-order chi connectivity index (χ1) is 19.0. The highest BCUT2D eigenvalue weighted by molar-refractivity contribution is 6.09. The fourth-order valence-corrected chi connectivity index (χ4v) is 5.52. The Labute approximate surface area is 228 Å². The summed E-state index contributed by atoms with van der Waals surface area (Å²) in [5.41, 5.74) is 3.55. The number of rotatable bonds is 11. The number of hydrogen-bond donors (Lipinski definition) is 2. The SMILES string of the molecule is CCCCC1=NC2(CCCC2)C(=O)N1Cc1ccc(-c2ccccc2C(=O)Nc2nn[nH]n2)c(COCC)c1. The number of tetrazole rings is 1. The fraction of sp³-hybridized carbons (Fsp3) is 0.448. The third-order valence-electron chi connectivity index (χ3n) is 7.49. The first-order valence-electron chi connectivity index (χ1n) is 13.8. The number of carbonyl (C=O) groups is 2. The molecular formula is C29H35N7O3. The summed E-state index contributed by atoms with van der Waals surface area (Å²) in [6.45, 7) is 5.53. The number of H-pyrrole nitrogens is 1. The van der Waals surface area contributed by atoms with Crippen LogP contribution in [-0.4, -0.2) is 55.3 Å². The molecule has 0 radical (unpaired) electrons. The van der Waals surface area contributed by atoms with Crippen molar-refractivity contribution in [3.63, 3.8) is 0 Å². The molecule has 2 aromatic carbocycles. The summed E-state index contributed by atoms with van der Waals surface area (Å²) >= 11 is 0. The van der Waals surface area contributed by atoms with Crippen molar-refractivity contribution >= 4 is 23.6 Å². The van der Waals surface area contributed by atoms with Crippen LogP contribution in [0.4, 0.5) is 5.95 Å². The number of hydrogen-bond acceptors (Lipinski definition) is 7. The summed E-state index contributed by atoms with van der Waals surface area (Å²) in [7, 11) is 0. The van der Waals surface area contributed by atoms with Gasteiger partial charge in [-0.15, -0.1) is 5.10 Å². The highest BCUT2D eigenvalue weighted by atomic mass is 16.5. The molecule has 2 N–H and O–H groups in total. The van der Waals surface area contributed by atoms with Crippen molar-refractivity contribution in [2.75, 3.05) is 11.9 Å². The van der Waals surface area contributed by atoms with Crippen LogP contribution in [0, 0.1) is 0 Å². The Morgan fingerprint density at radius 3 is 2.69 bits per heavy atom. The quantitative estimate of drug-likeness (QED) is 0.364. The third-order valence-corrected chi connectivity index (χ3v) is 7.49. The van der Waals surface area contributed by atoms with Gasteiger partial charge in [-0.3, -0.25) is 24.8 Å². The van der Waals surface area contributed by atoms with Gasteiger partial charge >= 0.3 is 0 Å². The van der Waals surface area contributed by atoms with E-state index in [1.807, 2.05) is 42.2 Å². The Kier molecular flexibility index (Phi) is 8.11. The molecule has 0 unspecified atom stereocenters. The lowest BCUT2D eigenvalue weighted by Gasteiger charge is -2.23. The van der Waals surface area contributed by atoms with Crippen molar-refractivity contribution in [3.05, 3.63) is 59.2 Å². The number of amidine groups is 1. The second-order valence-electron chi connectivity index (χ2n) is 10.1. The van der Waals surface area contributed by atoms with Crippen LogP contribution in [0.3, 0.4) is 0 Å². The monoisotopic (exact) mass is 529 g/mol. The van der Waals surface area contributed by atoms with Crippen LogP contribution < -0.4 is 5.32 Å². The van der Waals surface area contributed by atoms with Gasteiger partial charge in [0.15, 0.2) is 0 Å². The normalized spacial score (nSPS) is 16.2. The molecule has 10 nitrogen and oxygen atoms in total. The van der Waals surface area contributed by atoms with Crippen molar-refractivity contribution in [1.29, 1.82) is 0 Å². The minimum absolute atomic E-state index is 0.107. The summed E-state index contributed by atoms with van der Waals surface area (Å²) < 4.78 is 5.83. The zero-order valence-corrected chi connectivity index (χ0v) is 22.6. The van der Waals surface area contributed by atoms with Crippen molar-refractivity contribution in [3.8, 4) is 11.1 Å². The van der Waals surface area contributed by atoms with Gasteiger partial charge in [0.1, 0.15) is 11.4 Å². The smallest absolute Gasteiger partial charge is 0.270 e. The van der Waals surface area contributed by atoms with E-state index >= 15 is 0 Å². The average molecular weight is 530 g/mol. The Morgan fingerprint density at radius 2 is 1.95 bits per heavy atom. The van der Waals surface area contributed by atoms with Crippen LogP contribution in [-0.2, 0) is 22.7 Å². The summed E-state index contributed by atoms with van der Waals surface area (Å²) in [6.07, 6.45) is 6.67. The van der Waals surface area contributed by atoms with Crippen LogP contribution in [0.2, 0.25) is 0 Å². The highest BCUT2D eigenvalue weighted by Gasteiger charge is 2.49. The average Bonchev–Trinajstić information content (AvgIpc) is 3.70. The van der Waals surface area contributed by atoms with E-state index < -0.39 is 5.54 Å². The Bertz CT molecular complexity index is 1350. The molecule has 1 aromatic heterocycles. The second kappa shape index (κ2) is 11.9. The molecule has 0 bridgehead atoms. The van der Waals surface area contributed by atoms with Gasteiger partial charge in [0.05, 0.1) is 13.2 Å². The van der Waals surface area contributed by atoms with Crippen LogP contribution >= 0.6 is 0 Å². The molecule has 1 fully saturated rings. The van der Waals surface area contributed by atoms with Crippen molar-refractivity contribution in [2.24, 2.45) is 4.99 Å². The molecule has 0 saturated heterocycles. The molecule has 5 rings (SSSR count). The molecule has 1 aliphatic carbocycles. The first kappa shape index (κ1) is 26.7. The lowest BCUT2D eigenvalue weighted by Crippen LogP contribution is -2.40. The molecule has 1 aliphatic heterocycles. The topological polar surface area (TPSA) is 125 Å². The minimum Gasteiger partial charge on any atom is -0.377 e. The van der Waals surface area contributed by atoms with E-state index in [0.29, 0.717) is 25.3 Å². The number of carbonyl (C=O) groups excluding carboxylic acids is 2. The number of benzene rings is 2. The molecule has 0 atom stereocenters. The number of unbranched alkanes of at least 4 members (excludes halogenated alkanes) is 1. The van der Waals surface area contributed by atoms with Gasteiger partial charge in [-0.05, 0) is 59.7 Å². The number of nitrogens with one attached hydrogen (secondary N) is 2. The van der Waals surface area contributed by atoms with Gasteiger partial charge in [-0.2, -0.15) is 5.21 Å². The van der Waals surface area contributed by atoms with Gasteiger partial charge < -0.3 is 4.74 Å². The zero-order valence-electron chi connectivity index (χ0n) is 22.6. The number of nitrogens with zero attached hydrogens (tertiary/aromatic N) is 5. The molecule has 2 amide bonds. The maximum Gasteiger partial charge on any atom is 0.270 e. The van der Waals surface area contributed by atoms with E-state index in [9.17, 15) is 9.59 Å². The summed E-state index contributed by atoms with van der Waals surface area (Å²) in [5.74, 6) is 0.836. The highest BCUT2D eigenvalue weighted by Crippen LogP contribution is 2.40. The predicted molar refractivity (Wildman–Crippen MR) is 148 cm³/mol. The maximum atomic E-state index is 13.6. The van der Waals surface area contributed by atoms with Crippen molar-refractivity contribution in [1.82, 2.24) is 25.5 Å². The summed E-state index contributed by atoms with van der Waals surface area (Å²) in [4.78, 5) is 33.6. The molecule has 2 aliphatic rings. The Morgan fingerprint density at radius 1 is 1.13 bits per heavy atom. The third kappa shape index (κ3) is 5.61. The van der Waals surface area contributed by atoms with Crippen LogP contribution in [0.1, 0.15) is 80.3 Å². The summed E-state index contributed by atoms with van der Waals surface area (Å²) in [5, 5.41) is 16.1. The standard InChI is InChI=1S/C29H35N7O3/c1-3-5-12-25-31-29(15-8-9-16-29)27(38)36(25)18-20-13-14-22(21(17-20)19-39-4-2)23-10-6-7-11-24(23)26(37)30-28-32-34-35-33-28/h6-7,10-11,13-14,17H,3-5,8-9,12,15-16,18-19H2,1-2H3,(H2,30,32,33,34,35,37). The molecule has 1 spiro atoms. The molecule has 10 heteroatoms. The zero-order chi connectivity index (χ0) is 27.2. The number of aromatic amines is 1. The number of anilines is 1. The van der Waals surface area contributed by atoms with Crippen molar-refractivity contribution in [2.45, 2.75) is 77.5 Å². The number of amides is 2. The lowest BCUT2D eigenvalue weighted by atomic mass is 9.93. The van der Waals surface area contributed by atoms with Gasteiger partial charge in [-0.25, -0.2) is 0 Å².